The molecule has 6 heteroatoms. The molecule has 2 aliphatic carbocycles. The number of rotatable bonds is 6. The molecule has 1 saturated heterocycles. The molecular formula is C18H29N3O3. The van der Waals surface area contributed by atoms with Crippen LogP contribution in [0.5, 0.6) is 0 Å². The van der Waals surface area contributed by atoms with E-state index in [0.717, 1.165) is 43.6 Å². The third kappa shape index (κ3) is 4.08. The van der Waals surface area contributed by atoms with Crippen LogP contribution in [0.3, 0.4) is 0 Å². The number of fused-ring (bicyclic) bond motifs is 2. The number of carbonyl (C=O) groups is 3. The van der Waals surface area contributed by atoms with Gasteiger partial charge in [-0.1, -0.05) is 6.42 Å². The maximum atomic E-state index is 12.5. The lowest BCUT2D eigenvalue weighted by atomic mass is 9.83. The lowest BCUT2D eigenvalue weighted by molar-refractivity contribution is -0.133. The van der Waals surface area contributed by atoms with E-state index in [0.29, 0.717) is 6.04 Å². The van der Waals surface area contributed by atoms with Crippen molar-refractivity contribution in [3.05, 3.63) is 0 Å². The van der Waals surface area contributed by atoms with Gasteiger partial charge in [-0.25, -0.2) is 0 Å². The summed E-state index contributed by atoms with van der Waals surface area (Å²) < 4.78 is 0. The van der Waals surface area contributed by atoms with Crippen LogP contribution in [0.25, 0.3) is 0 Å². The van der Waals surface area contributed by atoms with Gasteiger partial charge in [0.05, 0.1) is 13.1 Å². The molecule has 2 saturated carbocycles. The largest absolute Gasteiger partial charge is 0.347 e. The summed E-state index contributed by atoms with van der Waals surface area (Å²) in [4.78, 5) is 36.8. The molecule has 134 valence electrons. The third-order valence-electron chi connectivity index (χ3n) is 6.09. The summed E-state index contributed by atoms with van der Waals surface area (Å²) in [6.45, 7) is 2.14. The quantitative estimate of drug-likeness (QED) is 0.762. The zero-order valence-corrected chi connectivity index (χ0v) is 14.6. The summed E-state index contributed by atoms with van der Waals surface area (Å²) in [5, 5.41) is 5.05. The van der Waals surface area contributed by atoms with Gasteiger partial charge in [-0.05, 0) is 56.3 Å². The standard InChI is InChI=1S/C18H29N3O3/c1-12(22)19-10-17(23)20-11-18(24)21-6-2-3-16(21)9-15-8-13-4-5-14(15)7-13/h13-16H,2-11H2,1H3,(H,19,22)(H,20,23)/t13-,14-,15+,16+/m0/s1. The van der Waals surface area contributed by atoms with Gasteiger partial charge in [0.25, 0.3) is 0 Å². The Morgan fingerprint density at radius 3 is 2.54 bits per heavy atom. The molecule has 1 aliphatic heterocycles. The van der Waals surface area contributed by atoms with E-state index in [1.54, 1.807) is 0 Å². The molecule has 2 bridgehead atoms. The van der Waals surface area contributed by atoms with Crippen LogP contribution in [0.1, 0.15) is 51.9 Å². The van der Waals surface area contributed by atoms with E-state index in [-0.39, 0.29) is 30.8 Å². The molecule has 3 aliphatic rings. The molecule has 6 nitrogen and oxygen atoms in total. The Morgan fingerprint density at radius 1 is 1.04 bits per heavy atom. The fraction of sp³-hybridized carbons (Fsp3) is 0.833. The highest BCUT2D eigenvalue weighted by Crippen LogP contribution is 2.50. The summed E-state index contributed by atoms with van der Waals surface area (Å²) in [7, 11) is 0. The molecule has 3 fully saturated rings. The van der Waals surface area contributed by atoms with Crippen LogP contribution in [0.4, 0.5) is 0 Å². The molecule has 0 spiro atoms. The molecule has 24 heavy (non-hydrogen) atoms. The van der Waals surface area contributed by atoms with E-state index in [1.165, 1.54) is 32.6 Å². The van der Waals surface area contributed by atoms with Crippen LogP contribution in [0, 0.1) is 17.8 Å². The van der Waals surface area contributed by atoms with Gasteiger partial charge in [0.2, 0.25) is 17.7 Å². The molecule has 2 N–H and O–H groups in total. The molecule has 0 aromatic carbocycles. The minimum Gasteiger partial charge on any atom is -0.347 e. The summed E-state index contributed by atoms with van der Waals surface area (Å²) in [5.41, 5.74) is 0. The van der Waals surface area contributed by atoms with Gasteiger partial charge in [-0.2, -0.15) is 0 Å². The first kappa shape index (κ1) is 17.2. The Kier molecular flexibility index (Phi) is 5.41. The van der Waals surface area contributed by atoms with E-state index >= 15 is 0 Å². The highest BCUT2D eigenvalue weighted by Gasteiger charge is 2.41. The number of hydrogen-bond acceptors (Lipinski definition) is 3. The van der Waals surface area contributed by atoms with Gasteiger partial charge in [-0.15, -0.1) is 0 Å². The fourth-order valence-electron chi connectivity index (χ4n) is 4.97. The molecule has 0 radical (unpaired) electrons. The predicted molar refractivity (Wildman–Crippen MR) is 90.0 cm³/mol. The topological polar surface area (TPSA) is 78.5 Å². The Bertz CT molecular complexity index is 508. The minimum absolute atomic E-state index is 0.0110. The maximum Gasteiger partial charge on any atom is 0.242 e. The Labute approximate surface area is 143 Å². The predicted octanol–water partition coefficient (Wildman–Crippen LogP) is 1.06. The first-order chi connectivity index (χ1) is 11.5. The zero-order valence-electron chi connectivity index (χ0n) is 14.6. The van der Waals surface area contributed by atoms with Gasteiger partial charge in [0.1, 0.15) is 0 Å². The first-order valence-corrected chi connectivity index (χ1v) is 9.33. The van der Waals surface area contributed by atoms with Crippen LogP contribution in [0.15, 0.2) is 0 Å². The van der Waals surface area contributed by atoms with Crippen molar-refractivity contribution in [2.75, 3.05) is 19.6 Å². The normalized spacial score (nSPS) is 31.3. The van der Waals surface area contributed by atoms with E-state index in [9.17, 15) is 14.4 Å². The summed E-state index contributed by atoms with van der Waals surface area (Å²) in [6, 6.07) is 0.356. The average molecular weight is 335 g/mol. The minimum atomic E-state index is -0.317. The Balaban J connectivity index is 1.43. The number of amides is 3. The summed E-state index contributed by atoms with van der Waals surface area (Å²) >= 11 is 0. The van der Waals surface area contributed by atoms with E-state index in [4.69, 9.17) is 0 Å². The second-order valence-corrected chi connectivity index (χ2v) is 7.74. The zero-order chi connectivity index (χ0) is 17.1. The Morgan fingerprint density at radius 2 is 1.88 bits per heavy atom. The second kappa shape index (κ2) is 7.53. The van der Waals surface area contributed by atoms with Crippen LogP contribution in [-0.4, -0.2) is 48.3 Å². The van der Waals surface area contributed by atoms with Gasteiger partial charge in [0.15, 0.2) is 0 Å². The monoisotopic (exact) mass is 335 g/mol. The maximum absolute atomic E-state index is 12.5. The van der Waals surface area contributed by atoms with Gasteiger partial charge >= 0.3 is 0 Å². The number of hydrogen-bond donors (Lipinski definition) is 2. The van der Waals surface area contributed by atoms with Crippen molar-refractivity contribution in [2.24, 2.45) is 17.8 Å². The molecule has 3 amide bonds. The SMILES string of the molecule is CC(=O)NCC(=O)NCC(=O)N1CCC[C@@H]1C[C@H]1C[C@H]2CC[C@H]1C2. The number of likely N-dealkylation sites (tertiary alicyclic amines) is 1. The lowest BCUT2D eigenvalue weighted by Gasteiger charge is -2.30. The average Bonchev–Trinajstić information content (AvgIpc) is 3.27. The highest BCUT2D eigenvalue weighted by atomic mass is 16.2. The lowest BCUT2D eigenvalue weighted by Crippen LogP contribution is -2.45. The smallest absolute Gasteiger partial charge is 0.242 e. The first-order valence-electron chi connectivity index (χ1n) is 9.33. The third-order valence-corrected chi connectivity index (χ3v) is 6.09. The summed E-state index contributed by atoms with van der Waals surface area (Å²) in [5.74, 6) is 2.08. The van der Waals surface area contributed by atoms with Crippen LogP contribution in [0.2, 0.25) is 0 Å². The van der Waals surface area contributed by atoms with Gasteiger partial charge < -0.3 is 15.5 Å². The molecule has 1 heterocycles. The van der Waals surface area contributed by atoms with E-state index in [2.05, 4.69) is 10.6 Å². The van der Waals surface area contributed by atoms with Crippen LogP contribution in [-0.2, 0) is 14.4 Å². The van der Waals surface area contributed by atoms with Crippen LogP contribution >= 0.6 is 0 Å². The van der Waals surface area contributed by atoms with Crippen molar-refractivity contribution >= 4 is 17.7 Å². The van der Waals surface area contributed by atoms with Crippen molar-refractivity contribution in [1.82, 2.24) is 15.5 Å². The van der Waals surface area contributed by atoms with E-state index < -0.39 is 0 Å². The molecule has 0 aromatic rings. The van der Waals surface area contributed by atoms with Gasteiger partial charge in [0, 0.05) is 19.5 Å². The molecule has 3 rings (SSSR count). The highest BCUT2D eigenvalue weighted by molar-refractivity contribution is 5.87. The molecule has 4 atom stereocenters. The second-order valence-electron chi connectivity index (χ2n) is 7.74. The molecular weight excluding hydrogens is 306 g/mol. The summed E-state index contributed by atoms with van der Waals surface area (Å²) in [6.07, 6.45) is 8.87. The van der Waals surface area contributed by atoms with Crippen molar-refractivity contribution in [3.8, 4) is 0 Å². The number of carbonyl (C=O) groups excluding carboxylic acids is 3. The molecule has 0 aromatic heterocycles. The number of nitrogens with one attached hydrogen (secondary N) is 2. The van der Waals surface area contributed by atoms with E-state index in [1.807, 2.05) is 4.90 Å². The van der Waals surface area contributed by atoms with Crippen molar-refractivity contribution < 1.29 is 14.4 Å². The van der Waals surface area contributed by atoms with Crippen molar-refractivity contribution in [3.63, 3.8) is 0 Å². The van der Waals surface area contributed by atoms with Gasteiger partial charge in [-0.3, -0.25) is 14.4 Å². The molecule has 0 unspecified atom stereocenters. The van der Waals surface area contributed by atoms with Crippen LogP contribution < -0.4 is 10.6 Å². The van der Waals surface area contributed by atoms with Crippen molar-refractivity contribution in [2.45, 2.75) is 57.9 Å². The fourth-order valence-corrected chi connectivity index (χ4v) is 4.97. The van der Waals surface area contributed by atoms with Crippen molar-refractivity contribution in [1.29, 1.82) is 0 Å². The number of nitrogens with zero attached hydrogens (tertiary/aromatic N) is 1. The Hall–Kier alpha value is -1.59.